The summed E-state index contributed by atoms with van der Waals surface area (Å²) < 4.78 is 0. The Morgan fingerprint density at radius 3 is 2.42 bits per heavy atom. The monoisotopic (exact) mass is 428 g/mol. The van der Waals surface area contributed by atoms with Crippen molar-refractivity contribution < 1.29 is 34.8 Å². The number of aliphatic hydroxyl groups excluding tert-OH is 2. The van der Waals surface area contributed by atoms with Gasteiger partial charge in [0.05, 0.1) is 11.6 Å². The SMILES string of the molecule is C[C@H]1c2cccc(O)c2C(O)=C2C(=O)[C@]3(O)C(O)=C(C(N)=O)C(=O)C(N(C)C)[C@@H]3C[C@@H]21. The van der Waals surface area contributed by atoms with Gasteiger partial charge >= 0.3 is 0 Å². The van der Waals surface area contributed by atoms with Crippen molar-refractivity contribution in [3.63, 3.8) is 0 Å². The number of hydrogen-bond acceptors (Lipinski definition) is 8. The molecule has 9 nitrogen and oxygen atoms in total. The van der Waals surface area contributed by atoms with Gasteiger partial charge in [-0.25, -0.2) is 0 Å². The van der Waals surface area contributed by atoms with Gasteiger partial charge in [0.2, 0.25) is 5.78 Å². The summed E-state index contributed by atoms with van der Waals surface area (Å²) >= 11 is 0. The smallest absolute Gasteiger partial charge is 0.255 e. The fourth-order valence-corrected chi connectivity index (χ4v) is 5.50. The number of phenols is 1. The molecule has 3 aliphatic carbocycles. The lowest BCUT2D eigenvalue weighted by Crippen LogP contribution is -2.65. The van der Waals surface area contributed by atoms with Crippen LogP contribution in [0.1, 0.15) is 30.4 Å². The molecule has 3 aliphatic rings. The number of nitrogens with two attached hydrogens (primary N) is 1. The van der Waals surface area contributed by atoms with Crippen molar-refractivity contribution in [2.24, 2.45) is 17.6 Å². The predicted molar refractivity (Wildman–Crippen MR) is 109 cm³/mol. The van der Waals surface area contributed by atoms with E-state index < -0.39 is 58.0 Å². The highest BCUT2D eigenvalue weighted by molar-refractivity contribution is 6.24. The van der Waals surface area contributed by atoms with Gasteiger partial charge in [-0.15, -0.1) is 0 Å². The van der Waals surface area contributed by atoms with Crippen molar-refractivity contribution in [1.29, 1.82) is 0 Å². The second kappa shape index (κ2) is 6.66. The molecule has 5 atom stereocenters. The number of ketones is 2. The number of phenolic OH excluding ortho intramolecular Hbond substituents is 1. The fraction of sp³-hybridized carbons (Fsp3) is 0.409. The van der Waals surface area contributed by atoms with Gasteiger partial charge in [-0.3, -0.25) is 19.3 Å². The Labute approximate surface area is 178 Å². The summed E-state index contributed by atoms with van der Waals surface area (Å²) in [6.45, 7) is 1.83. The first-order chi connectivity index (χ1) is 14.4. The average molecular weight is 428 g/mol. The summed E-state index contributed by atoms with van der Waals surface area (Å²) in [5.41, 5.74) is 2.42. The Morgan fingerprint density at radius 1 is 1.19 bits per heavy atom. The Hall–Kier alpha value is -3.17. The van der Waals surface area contributed by atoms with Gasteiger partial charge in [0.1, 0.15) is 22.8 Å². The molecule has 1 saturated carbocycles. The number of carbonyl (C=O) groups is 3. The number of aliphatic hydroxyl groups is 3. The number of benzene rings is 1. The molecular formula is C22H24N2O7. The number of carbonyl (C=O) groups excluding carboxylic acids is 3. The number of Topliss-reactive ketones (excluding diaryl/α,β-unsaturated/α-hetero) is 2. The van der Waals surface area contributed by atoms with E-state index in [0.717, 1.165) is 0 Å². The summed E-state index contributed by atoms with van der Waals surface area (Å²) in [7, 11) is 3.13. The van der Waals surface area contributed by atoms with Crippen molar-refractivity contribution in [3.8, 4) is 5.75 Å². The topological polar surface area (TPSA) is 161 Å². The van der Waals surface area contributed by atoms with E-state index in [9.17, 15) is 34.8 Å². The third-order valence-corrected chi connectivity index (χ3v) is 6.96. The zero-order chi connectivity index (χ0) is 23.0. The van der Waals surface area contributed by atoms with E-state index in [-0.39, 0.29) is 29.2 Å². The Kier molecular flexibility index (Phi) is 4.53. The molecule has 0 aromatic heterocycles. The molecule has 1 aromatic carbocycles. The number of hydrogen-bond donors (Lipinski definition) is 5. The van der Waals surface area contributed by atoms with Crippen molar-refractivity contribution >= 4 is 23.2 Å². The minimum Gasteiger partial charge on any atom is -0.508 e. The number of fused-ring (bicyclic) bond motifs is 3. The van der Waals surface area contributed by atoms with Crippen LogP contribution >= 0.6 is 0 Å². The first kappa shape index (κ1) is 21.1. The largest absolute Gasteiger partial charge is 0.508 e. The Bertz CT molecular complexity index is 1100. The van der Waals surface area contributed by atoms with Gasteiger partial charge < -0.3 is 26.2 Å². The Morgan fingerprint density at radius 2 is 1.84 bits per heavy atom. The van der Waals surface area contributed by atoms with E-state index in [1.54, 1.807) is 26.2 Å². The summed E-state index contributed by atoms with van der Waals surface area (Å²) in [6, 6.07) is 3.64. The molecular weight excluding hydrogens is 404 g/mol. The van der Waals surface area contributed by atoms with Gasteiger partial charge in [-0.1, -0.05) is 19.1 Å². The molecule has 0 aliphatic heterocycles. The van der Waals surface area contributed by atoms with Crippen molar-refractivity contribution in [2.75, 3.05) is 14.1 Å². The van der Waals surface area contributed by atoms with Crippen molar-refractivity contribution in [1.82, 2.24) is 4.90 Å². The third-order valence-electron chi connectivity index (χ3n) is 6.96. The summed E-state index contributed by atoms with van der Waals surface area (Å²) in [5, 5.41) is 43.5. The number of nitrogens with zero attached hydrogens (tertiary/aromatic N) is 1. The van der Waals surface area contributed by atoms with Crippen LogP contribution in [-0.2, 0) is 14.4 Å². The van der Waals surface area contributed by atoms with Crippen LogP contribution in [0.2, 0.25) is 0 Å². The van der Waals surface area contributed by atoms with E-state index in [4.69, 9.17) is 5.73 Å². The van der Waals surface area contributed by atoms with Crippen LogP contribution in [0.5, 0.6) is 5.75 Å². The lowest BCUT2D eigenvalue weighted by molar-refractivity contribution is -0.154. The minimum absolute atomic E-state index is 0.0720. The van der Waals surface area contributed by atoms with Crippen LogP contribution in [0.25, 0.3) is 5.76 Å². The van der Waals surface area contributed by atoms with Gasteiger partial charge in [-0.2, -0.15) is 0 Å². The van der Waals surface area contributed by atoms with Crippen molar-refractivity contribution in [2.45, 2.75) is 30.9 Å². The minimum atomic E-state index is -2.62. The first-order valence-electron chi connectivity index (χ1n) is 9.91. The molecule has 0 bridgehead atoms. The molecule has 6 N–H and O–H groups in total. The lowest BCUT2D eigenvalue weighted by atomic mass is 9.55. The molecule has 1 fully saturated rings. The van der Waals surface area contributed by atoms with Gasteiger partial charge in [0, 0.05) is 11.5 Å². The van der Waals surface area contributed by atoms with E-state index >= 15 is 0 Å². The fourth-order valence-electron chi connectivity index (χ4n) is 5.50. The molecule has 9 heteroatoms. The Balaban J connectivity index is 2.01. The summed E-state index contributed by atoms with van der Waals surface area (Å²) in [4.78, 5) is 40.0. The number of aromatic hydroxyl groups is 1. The van der Waals surface area contributed by atoms with E-state index in [1.165, 1.54) is 11.0 Å². The molecule has 1 unspecified atom stereocenters. The van der Waals surface area contributed by atoms with Gasteiger partial charge in [0.15, 0.2) is 11.4 Å². The standard InChI is InChI=1S/C22H24N2O7/c1-8-9-5-4-6-12(25)13(9)17(26)14-10(8)7-11-16(24(2)3)18(27)15(21(23)30)20(29)22(11,31)19(14)28/h4-6,8,10-11,16,25-26,29,31H,7H2,1-3H3,(H2,23,30)/t8-,10+,11-,16?,22-/m0/s1. The number of amides is 1. The van der Waals surface area contributed by atoms with Crippen LogP contribution in [0.4, 0.5) is 0 Å². The van der Waals surface area contributed by atoms with Crippen molar-refractivity contribution in [3.05, 3.63) is 46.2 Å². The maximum atomic E-state index is 13.6. The highest BCUT2D eigenvalue weighted by atomic mass is 16.3. The van der Waals surface area contributed by atoms with Crippen LogP contribution in [0.3, 0.4) is 0 Å². The van der Waals surface area contributed by atoms with Crippen LogP contribution in [0.15, 0.2) is 35.1 Å². The molecule has 1 amide bonds. The maximum Gasteiger partial charge on any atom is 0.255 e. The predicted octanol–water partition coefficient (Wildman–Crippen LogP) is 0.525. The molecule has 31 heavy (non-hydrogen) atoms. The highest BCUT2D eigenvalue weighted by Crippen LogP contribution is 2.55. The average Bonchev–Trinajstić information content (AvgIpc) is 2.68. The molecule has 0 heterocycles. The molecule has 4 rings (SSSR count). The zero-order valence-electron chi connectivity index (χ0n) is 17.3. The van der Waals surface area contributed by atoms with Crippen LogP contribution in [-0.4, -0.2) is 68.5 Å². The zero-order valence-corrected chi connectivity index (χ0v) is 17.3. The lowest BCUT2D eigenvalue weighted by Gasteiger charge is -2.51. The molecule has 0 radical (unpaired) electrons. The second-order valence-corrected chi connectivity index (χ2v) is 8.70. The molecule has 164 valence electrons. The van der Waals surface area contributed by atoms with Gasteiger partial charge in [0.25, 0.3) is 5.91 Å². The second-order valence-electron chi connectivity index (χ2n) is 8.70. The molecule has 0 spiro atoms. The number of rotatable bonds is 2. The van der Waals surface area contributed by atoms with Crippen LogP contribution < -0.4 is 5.73 Å². The quantitative estimate of drug-likeness (QED) is 0.426. The number of likely N-dealkylation sites (N-methyl/N-ethyl adjacent to an activating group) is 1. The maximum absolute atomic E-state index is 13.6. The third kappa shape index (κ3) is 2.53. The molecule has 1 aromatic rings. The summed E-state index contributed by atoms with van der Waals surface area (Å²) in [6.07, 6.45) is 0.0720. The summed E-state index contributed by atoms with van der Waals surface area (Å²) in [5.74, 6) is -6.82. The normalized spacial score (nSPS) is 32.7. The van der Waals surface area contributed by atoms with E-state index in [1.807, 2.05) is 6.92 Å². The number of primary amides is 1. The highest BCUT2D eigenvalue weighted by Gasteiger charge is 2.64. The van der Waals surface area contributed by atoms with E-state index in [2.05, 4.69) is 0 Å². The van der Waals surface area contributed by atoms with E-state index in [0.29, 0.717) is 5.56 Å². The van der Waals surface area contributed by atoms with Gasteiger partial charge in [-0.05, 0) is 44.0 Å². The van der Waals surface area contributed by atoms with Crippen LogP contribution in [0, 0.1) is 11.8 Å². The first-order valence-corrected chi connectivity index (χ1v) is 9.91. The molecule has 0 saturated heterocycles.